The van der Waals surface area contributed by atoms with Gasteiger partial charge in [0.1, 0.15) is 0 Å². The number of aryl methyl sites for hydroxylation is 1. The zero-order chi connectivity index (χ0) is 13.2. The minimum absolute atomic E-state index is 0.0202. The van der Waals surface area contributed by atoms with Crippen molar-refractivity contribution in [2.24, 2.45) is 5.73 Å². The van der Waals surface area contributed by atoms with Crippen LogP contribution in [0.2, 0.25) is 0 Å². The van der Waals surface area contributed by atoms with E-state index < -0.39 is 0 Å². The Morgan fingerprint density at radius 2 is 2.16 bits per heavy atom. The van der Waals surface area contributed by atoms with Crippen LogP contribution in [-0.2, 0) is 11.2 Å². The van der Waals surface area contributed by atoms with Gasteiger partial charge in [-0.25, -0.2) is 0 Å². The fraction of sp³-hybridized carbons (Fsp3) is 0.600. The van der Waals surface area contributed by atoms with E-state index in [2.05, 4.69) is 16.0 Å². The van der Waals surface area contributed by atoms with Crippen LogP contribution in [0.25, 0.3) is 0 Å². The van der Waals surface area contributed by atoms with Crippen molar-refractivity contribution in [1.82, 2.24) is 9.88 Å². The van der Waals surface area contributed by atoms with Crippen molar-refractivity contribution in [2.45, 2.75) is 37.6 Å². The van der Waals surface area contributed by atoms with Crippen molar-refractivity contribution in [2.75, 3.05) is 19.6 Å². The fourth-order valence-corrected chi connectivity index (χ4v) is 3.17. The van der Waals surface area contributed by atoms with E-state index in [4.69, 9.17) is 5.73 Å². The number of hydrogen-bond acceptors (Lipinski definition) is 4. The second-order valence-corrected chi connectivity index (χ2v) is 5.72. The van der Waals surface area contributed by atoms with E-state index in [1.807, 2.05) is 6.07 Å². The average molecular weight is 259 g/mol. The van der Waals surface area contributed by atoms with Gasteiger partial charge < -0.3 is 5.73 Å². The van der Waals surface area contributed by atoms with Gasteiger partial charge in [0.25, 0.3) is 0 Å². The van der Waals surface area contributed by atoms with E-state index >= 15 is 0 Å². The molecule has 1 aliphatic carbocycles. The third-order valence-electron chi connectivity index (χ3n) is 4.36. The lowest BCUT2D eigenvalue weighted by Gasteiger charge is -2.30. The molecule has 2 aliphatic rings. The number of nitrogens with two attached hydrogens (primary N) is 1. The highest BCUT2D eigenvalue weighted by molar-refractivity contribution is 5.88. The van der Waals surface area contributed by atoms with Crippen LogP contribution in [0.1, 0.15) is 36.4 Å². The summed E-state index contributed by atoms with van der Waals surface area (Å²) in [6.07, 6.45) is 5.73. The van der Waals surface area contributed by atoms with Crippen LogP contribution in [-0.4, -0.2) is 41.3 Å². The van der Waals surface area contributed by atoms with E-state index in [-0.39, 0.29) is 5.92 Å². The molecular weight excluding hydrogens is 238 g/mol. The Hall–Kier alpha value is -1.26. The summed E-state index contributed by atoms with van der Waals surface area (Å²) in [6.45, 7) is 2.47. The van der Waals surface area contributed by atoms with Gasteiger partial charge in [-0.1, -0.05) is 6.07 Å². The zero-order valence-electron chi connectivity index (χ0n) is 11.2. The normalized spacial score (nSPS) is 24.4. The zero-order valence-corrected chi connectivity index (χ0v) is 11.2. The van der Waals surface area contributed by atoms with Crippen LogP contribution in [0.4, 0.5) is 0 Å². The largest absolute Gasteiger partial charge is 0.328 e. The lowest BCUT2D eigenvalue weighted by atomic mass is 9.99. The smallest absolute Gasteiger partial charge is 0.155 e. The predicted molar refractivity (Wildman–Crippen MR) is 74.0 cm³/mol. The number of fused-ring (bicyclic) bond motifs is 1. The van der Waals surface area contributed by atoms with E-state index in [0.29, 0.717) is 18.4 Å². The number of rotatable bonds is 3. The Morgan fingerprint density at radius 3 is 2.95 bits per heavy atom. The number of likely N-dealkylation sites (tertiary alicyclic amines) is 1. The second-order valence-electron chi connectivity index (χ2n) is 5.72. The number of nitrogens with zero attached hydrogens (tertiary/aromatic N) is 2. The maximum absolute atomic E-state index is 12.4. The maximum Gasteiger partial charge on any atom is 0.155 e. The quantitative estimate of drug-likeness (QED) is 0.883. The number of hydrogen-bond donors (Lipinski definition) is 1. The third-order valence-corrected chi connectivity index (χ3v) is 4.36. The molecule has 0 bridgehead atoms. The molecule has 1 aliphatic heterocycles. The summed E-state index contributed by atoms with van der Waals surface area (Å²) in [5.41, 5.74) is 8.16. The molecule has 2 N–H and O–H groups in total. The number of aromatic nitrogens is 1. The minimum Gasteiger partial charge on any atom is -0.328 e. The molecule has 4 nitrogen and oxygen atoms in total. The molecule has 1 atom stereocenters. The first kappa shape index (κ1) is 12.8. The van der Waals surface area contributed by atoms with Crippen LogP contribution in [0, 0.1) is 0 Å². The summed E-state index contributed by atoms with van der Waals surface area (Å²) in [7, 11) is 0. The highest BCUT2D eigenvalue weighted by Gasteiger charge is 2.31. The monoisotopic (exact) mass is 259 g/mol. The molecule has 0 saturated carbocycles. The number of piperidine rings is 1. The first-order chi connectivity index (χ1) is 9.24. The van der Waals surface area contributed by atoms with Gasteiger partial charge in [0, 0.05) is 25.3 Å². The SMILES string of the molecule is NC1CCN(CC(=O)C2CCc3cccnc32)CC1. The molecule has 19 heavy (non-hydrogen) atoms. The van der Waals surface area contributed by atoms with E-state index in [9.17, 15) is 4.79 Å². The van der Waals surface area contributed by atoms with Gasteiger partial charge in [-0.15, -0.1) is 0 Å². The molecule has 1 aromatic heterocycles. The Bertz CT molecular complexity index is 466. The summed E-state index contributed by atoms with van der Waals surface area (Å²) < 4.78 is 0. The van der Waals surface area contributed by atoms with Crippen molar-refractivity contribution in [3.63, 3.8) is 0 Å². The van der Waals surface area contributed by atoms with Gasteiger partial charge in [-0.2, -0.15) is 0 Å². The van der Waals surface area contributed by atoms with E-state index in [0.717, 1.165) is 44.5 Å². The molecular formula is C15H21N3O. The Balaban J connectivity index is 1.63. The van der Waals surface area contributed by atoms with Crippen molar-refractivity contribution < 1.29 is 4.79 Å². The number of ketones is 1. The van der Waals surface area contributed by atoms with Crippen LogP contribution < -0.4 is 5.73 Å². The van der Waals surface area contributed by atoms with Gasteiger partial charge in [0.2, 0.25) is 0 Å². The molecule has 0 spiro atoms. The third kappa shape index (κ3) is 2.69. The second kappa shape index (κ2) is 5.39. The first-order valence-electron chi connectivity index (χ1n) is 7.18. The maximum atomic E-state index is 12.4. The van der Waals surface area contributed by atoms with Gasteiger partial charge >= 0.3 is 0 Å². The molecule has 0 amide bonds. The molecule has 4 heteroatoms. The molecule has 1 saturated heterocycles. The Kier molecular flexibility index (Phi) is 3.62. The molecule has 1 fully saturated rings. The molecule has 0 aromatic carbocycles. The summed E-state index contributed by atoms with van der Waals surface area (Å²) in [5.74, 6) is 0.347. The summed E-state index contributed by atoms with van der Waals surface area (Å²) in [5, 5.41) is 0. The van der Waals surface area contributed by atoms with Gasteiger partial charge in [-0.3, -0.25) is 14.7 Å². The van der Waals surface area contributed by atoms with E-state index in [1.165, 1.54) is 5.56 Å². The molecule has 1 aromatic rings. The van der Waals surface area contributed by atoms with E-state index in [1.54, 1.807) is 6.20 Å². The summed E-state index contributed by atoms with van der Waals surface area (Å²) in [4.78, 5) is 19.1. The van der Waals surface area contributed by atoms with Gasteiger partial charge in [0.15, 0.2) is 5.78 Å². The van der Waals surface area contributed by atoms with Crippen molar-refractivity contribution in [3.05, 3.63) is 29.6 Å². The molecule has 3 rings (SSSR count). The Morgan fingerprint density at radius 1 is 1.37 bits per heavy atom. The van der Waals surface area contributed by atoms with Crippen LogP contribution in [0.15, 0.2) is 18.3 Å². The number of pyridine rings is 1. The van der Waals surface area contributed by atoms with Gasteiger partial charge in [-0.05, 0) is 37.3 Å². The highest BCUT2D eigenvalue weighted by Crippen LogP contribution is 2.32. The molecule has 102 valence electrons. The van der Waals surface area contributed by atoms with Crippen molar-refractivity contribution in [3.8, 4) is 0 Å². The number of Topliss-reactive ketones (excluding diaryl/α,β-unsaturated/α-hetero) is 1. The van der Waals surface area contributed by atoms with Crippen molar-refractivity contribution >= 4 is 5.78 Å². The average Bonchev–Trinajstić information content (AvgIpc) is 2.85. The fourth-order valence-electron chi connectivity index (χ4n) is 3.17. The van der Waals surface area contributed by atoms with Gasteiger partial charge in [0.05, 0.1) is 18.2 Å². The summed E-state index contributed by atoms with van der Waals surface area (Å²) >= 11 is 0. The van der Waals surface area contributed by atoms with Crippen LogP contribution in [0.5, 0.6) is 0 Å². The molecule has 0 radical (unpaired) electrons. The number of carbonyl (C=O) groups is 1. The minimum atomic E-state index is 0.0202. The topological polar surface area (TPSA) is 59.2 Å². The summed E-state index contributed by atoms with van der Waals surface area (Å²) in [6, 6.07) is 4.37. The lowest BCUT2D eigenvalue weighted by molar-refractivity contribution is -0.121. The lowest BCUT2D eigenvalue weighted by Crippen LogP contribution is -2.42. The standard InChI is InChI=1S/C15H21N3O/c16-12-5-8-18(9-6-12)10-14(19)13-4-3-11-2-1-7-17-15(11)13/h1-2,7,12-13H,3-6,8-10,16H2. The highest BCUT2D eigenvalue weighted by atomic mass is 16.1. The molecule has 1 unspecified atom stereocenters. The first-order valence-corrected chi connectivity index (χ1v) is 7.18. The number of carbonyl (C=O) groups excluding carboxylic acids is 1. The predicted octanol–water partition coefficient (Wildman–Crippen LogP) is 1.10. The molecule has 2 heterocycles. The Labute approximate surface area is 114 Å². The van der Waals surface area contributed by atoms with Crippen LogP contribution >= 0.6 is 0 Å². The van der Waals surface area contributed by atoms with Crippen molar-refractivity contribution in [1.29, 1.82) is 0 Å². The van der Waals surface area contributed by atoms with Crippen LogP contribution in [0.3, 0.4) is 0 Å².